The van der Waals surface area contributed by atoms with Crippen LogP contribution in [-0.2, 0) is 4.74 Å². The number of hydrogen-bond donors (Lipinski definition) is 2. The van der Waals surface area contributed by atoms with Gasteiger partial charge in [0.1, 0.15) is 5.75 Å². The molecule has 2 atom stereocenters. The van der Waals surface area contributed by atoms with E-state index in [1.54, 1.807) is 7.11 Å². The normalized spacial score (nSPS) is 23.3. The highest BCUT2D eigenvalue weighted by atomic mass is 16.5. The summed E-state index contributed by atoms with van der Waals surface area (Å²) in [6.45, 7) is 5.55. The monoisotopic (exact) mass is 279 g/mol. The third-order valence-corrected chi connectivity index (χ3v) is 3.78. The van der Waals surface area contributed by atoms with Crippen molar-refractivity contribution in [2.75, 3.05) is 20.3 Å². The molecule has 0 bridgehead atoms. The molecule has 4 heteroatoms. The van der Waals surface area contributed by atoms with Gasteiger partial charge in [-0.1, -0.05) is 12.1 Å². The molecule has 1 heterocycles. The van der Waals surface area contributed by atoms with Crippen LogP contribution in [0.2, 0.25) is 0 Å². The minimum absolute atomic E-state index is 0.0726. The van der Waals surface area contributed by atoms with Crippen molar-refractivity contribution in [2.45, 2.75) is 44.4 Å². The molecule has 1 aromatic rings. The van der Waals surface area contributed by atoms with Crippen molar-refractivity contribution >= 4 is 0 Å². The zero-order chi connectivity index (χ0) is 14.6. The fourth-order valence-electron chi connectivity index (χ4n) is 2.65. The largest absolute Gasteiger partial charge is 0.497 e. The average molecular weight is 279 g/mol. The lowest BCUT2D eigenvalue weighted by molar-refractivity contribution is -0.0638. The van der Waals surface area contributed by atoms with Crippen molar-refractivity contribution in [3.63, 3.8) is 0 Å². The Balaban J connectivity index is 1.86. The summed E-state index contributed by atoms with van der Waals surface area (Å²) in [6.07, 6.45) is 1.45. The zero-order valence-corrected chi connectivity index (χ0v) is 12.6. The Hall–Kier alpha value is -1.10. The van der Waals surface area contributed by atoms with E-state index >= 15 is 0 Å². The van der Waals surface area contributed by atoms with Crippen LogP contribution in [-0.4, -0.2) is 37.0 Å². The maximum absolute atomic E-state index is 10.3. The van der Waals surface area contributed by atoms with Crippen LogP contribution in [0, 0.1) is 0 Å². The topological polar surface area (TPSA) is 50.7 Å². The number of aliphatic hydroxyl groups is 1. The molecule has 20 heavy (non-hydrogen) atoms. The van der Waals surface area contributed by atoms with Gasteiger partial charge in [0.25, 0.3) is 0 Å². The van der Waals surface area contributed by atoms with Crippen molar-refractivity contribution in [3.05, 3.63) is 29.8 Å². The van der Waals surface area contributed by atoms with E-state index in [1.807, 2.05) is 24.3 Å². The first kappa shape index (κ1) is 15.3. The minimum Gasteiger partial charge on any atom is -0.497 e. The Kier molecular flexibility index (Phi) is 5.02. The quantitative estimate of drug-likeness (QED) is 0.868. The lowest BCUT2D eigenvalue weighted by Gasteiger charge is -2.36. The summed E-state index contributed by atoms with van der Waals surface area (Å²) in [6, 6.07) is 7.97. The summed E-state index contributed by atoms with van der Waals surface area (Å²) < 4.78 is 10.9. The summed E-state index contributed by atoms with van der Waals surface area (Å²) in [5.41, 5.74) is 0.805. The van der Waals surface area contributed by atoms with E-state index < -0.39 is 6.10 Å². The number of rotatable bonds is 5. The van der Waals surface area contributed by atoms with Gasteiger partial charge in [-0.3, -0.25) is 0 Å². The SMILES string of the molecule is COc1cccc(C(O)CNC2CCOC(C)(C)C2)c1. The van der Waals surface area contributed by atoms with Crippen molar-refractivity contribution in [1.29, 1.82) is 0 Å². The van der Waals surface area contributed by atoms with Crippen molar-refractivity contribution < 1.29 is 14.6 Å². The second-order valence-corrected chi connectivity index (χ2v) is 6.00. The van der Waals surface area contributed by atoms with Crippen LogP contribution in [0.3, 0.4) is 0 Å². The number of benzene rings is 1. The van der Waals surface area contributed by atoms with E-state index in [9.17, 15) is 5.11 Å². The van der Waals surface area contributed by atoms with Crippen LogP contribution in [0.25, 0.3) is 0 Å². The van der Waals surface area contributed by atoms with Crippen molar-refractivity contribution in [3.8, 4) is 5.75 Å². The molecular formula is C16H25NO3. The van der Waals surface area contributed by atoms with Gasteiger partial charge < -0.3 is 19.9 Å². The molecule has 1 aliphatic rings. The van der Waals surface area contributed by atoms with Crippen LogP contribution in [0.5, 0.6) is 5.75 Å². The summed E-state index contributed by atoms with van der Waals surface area (Å²) in [4.78, 5) is 0. The first-order valence-corrected chi connectivity index (χ1v) is 7.19. The molecule has 1 aromatic carbocycles. The zero-order valence-electron chi connectivity index (χ0n) is 12.6. The molecule has 1 fully saturated rings. The summed E-state index contributed by atoms with van der Waals surface area (Å²) in [7, 11) is 1.63. The Morgan fingerprint density at radius 1 is 1.50 bits per heavy atom. The third kappa shape index (κ3) is 4.20. The number of hydrogen-bond acceptors (Lipinski definition) is 4. The summed E-state index contributed by atoms with van der Waals surface area (Å²) in [5, 5.41) is 13.7. The molecule has 4 nitrogen and oxygen atoms in total. The van der Waals surface area contributed by atoms with E-state index in [1.165, 1.54) is 0 Å². The molecule has 1 saturated heterocycles. The van der Waals surface area contributed by atoms with Gasteiger partial charge in [-0.15, -0.1) is 0 Å². The van der Waals surface area contributed by atoms with E-state index in [-0.39, 0.29) is 5.60 Å². The third-order valence-electron chi connectivity index (χ3n) is 3.78. The van der Waals surface area contributed by atoms with Crippen molar-refractivity contribution in [2.24, 2.45) is 0 Å². The first-order valence-electron chi connectivity index (χ1n) is 7.19. The number of ether oxygens (including phenoxy) is 2. The molecule has 0 saturated carbocycles. The molecule has 0 radical (unpaired) electrons. The predicted octanol–water partition coefficient (Wildman–Crippen LogP) is 2.28. The maximum Gasteiger partial charge on any atom is 0.119 e. The van der Waals surface area contributed by atoms with Gasteiger partial charge in [0.15, 0.2) is 0 Å². The fourth-order valence-corrected chi connectivity index (χ4v) is 2.65. The molecule has 2 rings (SSSR count). The summed E-state index contributed by atoms with van der Waals surface area (Å²) in [5.74, 6) is 0.772. The lowest BCUT2D eigenvalue weighted by Crippen LogP contribution is -2.44. The van der Waals surface area contributed by atoms with E-state index in [4.69, 9.17) is 9.47 Å². The van der Waals surface area contributed by atoms with Gasteiger partial charge >= 0.3 is 0 Å². The van der Waals surface area contributed by atoms with Crippen LogP contribution in [0.4, 0.5) is 0 Å². The Morgan fingerprint density at radius 2 is 2.30 bits per heavy atom. The molecule has 0 aromatic heterocycles. The molecule has 0 spiro atoms. The first-order chi connectivity index (χ1) is 9.50. The maximum atomic E-state index is 10.3. The lowest BCUT2D eigenvalue weighted by atomic mass is 9.94. The van der Waals surface area contributed by atoms with Gasteiger partial charge in [0, 0.05) is 19.2 Å². The fraction of sp³-hybridized carbons (Fsp3) is 0.625. The van der Waals surface area contributed by atoms with Gasteiger partial charge in [0.2, 0.25) is 0 Å². The molecule has 0 aliphatic carbocycles. The van der Waals surface area contributed by atoms with Gasteiger partial charge in [-0.25, -0.2) is 0 Å². The van der Waals surface area contributed by atoms with Crippen LogP contribution in [0.1, 0.15) is 38.4 Å². The number of methoxy groups -OCH3 is 1. The second-order valence-electron chi connectivity index (χ2n) is 6.00. The molecule has 112 valence electrons. The number of nitrogens with one attached hydrogen (secondary N) is 1. The van der Waals surface area contributed by atoms with Crippen LogP contribution < -0.4 is 10.1 Å². The van der Waals surface area contributed by atoms with E-state index in [2.05, 4.69) is 19.2 Å². The summed E-state index contributed by atoms with van der Waals surface area (Å²) >= 11 is 0. The molecular weight excluding hydrogens is 254 g/mol. The van der Waals surface area contributed by atoms with Gasteiger partial charge in [-0.2, -0.15) is 0 Å². The minimum atomic E-state index is -0.518. The van der Waals surface area contributed by atoms with Crippen LogP contribution in [0.15, 0.2) is 24.3 Å². The molecule has 0 amide bonds. The molecule has 2 N–H and O–H groups in total. The van der Waals surface area contributed by atoms with E-state index in [0.29, 0.717) is 12.6 Å². The van der Waals surface area contributed by atoms with Gasteiger partial charge in [-0.05, 0) is 44.4 Å². The Morgan fingerprint density at radius 3 is 3.00 bits per heavy atom. The van der Waals surface area contributed by atoms with E-state index in [0.717, 1.165) is 30.8 Å². The predicted molar refractivity (Wildman–Crippen MR) is 79.0 cm³/mol. The standard InChI is InChI=1S/C16H25NO3/c1-16(2)10-13(7-8-20-16)17-11-15(18)12-5-4-6-14(9-12)19-3/h4-6,9,13,15,17-18H,7-8,10-11H2,1-3H3. The molecule has 1 aliphatic heterocycles. The molecule has 2 unspecified atom stereocenters. The van der Waals surface area contributed by atoms with Gasteiger partial charge in [0.05, 0.1) is 18.8 Å². The highest BCUT2D eigenvalue weighted by Crippen LogP contribution is 2.24. The van der Waals surface area contributed by atoms with Crippen molar-refractivity contribution in [1.82, 2.24) is 5.32 Å². The van der Waals surface area contributed by atoms with Crippen LogP contribution >= 0.6 is 0 Å². The number of aliphatic hydroxyl groups excluding tert-OH is 1. The highest BCUT2D eigenvalue weighted by Gasteiger charge is 2.28. The Labute approximate surface area is 121 Å². The Bertz CT molecular complexity index is 433. The second kappa shape index (κ2) is 6.57. The average Bonchev–Trinajstić information content (AvgIpc) is 2.44. The smallest absolute Gasteiger partial charge is 0.119 e. The highest BCUT2D eigenvalue weighted by molar-refractivity contribution is 5.29.